The zero-order chi connectivity index (χ0) is 21.7. The van der Waals surface area contributed by atoms with Crippen LogP contribution in [-0.4, -0.2) is 13.7 Å². The molecule has 0 radical (unpaired) electrons. The molecule has 0 amide bonds. The molecule has 1 aliphatic carbocycles. The highest BCUT2D eigenvalue weighted by Gasteiger charge is 2.27. The Balaban J connectivity index is 2.38. The van der Waals surface area contributed by atoms with Gasteiger partial charge in [0.15, 0.2) is 9.84 Å². The molecule has 1 aromatic rings. The molecule has 0 saturated heterocycles. The molecule has 0 fully saturated rings. The average molecular weight is 413 g/mol. The van der Waals surface area contributed by atoms with Crippen LogP contribution in [-0.2, 0) is 9.84 Å². The van der Waals surface area contributed by atoms with E-state index in [0.29, 0.717) is 11.3 Å². The average Bonchev–Trinajstić information content (AvgIpc) is 2.67. The number of sulfone groups is 1. The minimum Gasteiger partial charge on any atom is -0.223 e. The summed E-state index contributed by atoms with van der Waals surface area (Å²) in [4.78, 5) is 0.383. The molecule has 0 aliphatic heterocycles. The van der Waals surface area contributed by atoms with Gasteiger partial charge in [-0.1, -0.05) is 73.1 Å². The summed E-state index contributed by atoms with van der Waals surface area (Å²) in [5.41, 5.74) is 5.08. The SMILES string of the molecule is C/C=C(\C)CC(/C=C(C)/C=C/C1=C(C)CCCC1(C)C)S(=O)(=O)c1ccccc1. The van der Waals surface area contributed by atoms with E-state index in [4.69, 9.17) is 0 Å². The van der Waals surface area contributed by atoms with Gasteiger partial charge in [0.1, 0.15) is 0 Å². The van der Waals surface area contributed by atoms with Crippen LogP contribution in [0.25, 0.3) is 0 Å². The Morgan fingerprint density at radius 2 is 1.83 bits per heavy atom. The fraction of sp³-hybridized carbons (Fsp3) is 0.462. The van der Waals surface area contributed by atoms with E-state index in [1.54, 1.807) is 24.3 Å². The first-order chi connectivity index (χ1) is 13.6. The van der Waals surface area contributed by atoms with E-state index in [9.17, 15) is 8.42 Å². The lowest BCUT2D eigenvalue weighted by atomic mass is 9.72. The highest BCUT2D eigenvalue weighted by atomic mass is 32.2. The lowest BCUT2D eigenvalue weighted by Gasteiger charge is -2.33. The van der Waals surface area contributed by atoms with Gasteiger partial charge in [0, 0.05) is 0 Å². The largest absolute Gasteiger partial charge is 0.223 e. The molecule has 0 aromatic heterocycles. The van der Waals surface area contributed by atoms with Crippen molar-refractivity contribution in [1.29, 1.82) is 0 Å². The van der Waals surface area contributed by atoms with Crippen molar-refractivity contribution in [3.05, 3.63) is 76.9 Å². The lowest BCUT2D eigenvalue weighted by Crippen LogP contribution is -2.20. The van der Waals surface area contributed by atoms with Crippen LogP contribution in [0, 0.1) is 5.41 Å². The Labute approximate surface area is 178 Å². The smallest absolute Gasteiger partial charge is 0.185 e. The molecule has 2 nitrogen and oxygen atoms in total. The fourth-order valence-electron chi connectivity index (χ4n) is 4.05. The zero-order valence-corrected chi connectivity index (χ0v) is 19.6. The Kier molecular flexibility index (Phi) is 7.87. The second kappa shape index (κ2) is 9.75. The predicted molar refractivity (Wildman–Crippen MR) is 125 cm³/mol. The maximum Gasteiger partial charge on any atom is 0.185 e. The van der Waals surface area contributed by atoms with Crippen LogP contribution < -0.4 is 0 Å². The first-order valence-electron chi connectivity index (χ1n) is 10.6. The Bertz CT molecular complexity index is 926. The van der Waals surface area contributed by atoms with Crippen molar-refractivity contribution < 1.29 is 8.42 Å². The molecule has 0 spiro atoms. The molecule has 2 rings (SSSR count). The van der Waals surface area contributed by atoms with Crippen LogP contribution in [0.3, 0.4) is 0 Å². The molecule has 29 heavy (non-hydrogen) atoms. The van der Waals surface area contributed by atoms with Gasteiger partial charge < -0.3 is 0 Å². The van der Waals surface area contributed by atoms with Crippen molar-refractivity contribution in [3.63, 3.8) is 0 Å². The van der Waals surface area contributed by atoms with Gasteiger partial charge >= 0.3 is 0 Å². The summed E-state index contributed by atoms with van der Waals surface area (Å²) >= 11 is 0. The van der Waals surface area contributed by atoms with Crippen molar-refractivity contribution in [1.82, 2.24) is 0 Å². The van der Waals surface area contributed by atoms with E-state index < -0.39 is 15.1 Å². The number of benzene rings is 1. The van der Waals surface area contributed by atoms with Crippen molar-refractivity contribution >= 4 is 9.84 Å². The van der Waals surface area contributed by atoms with Crippen molar-refractivity contribution in [2.75, 3.05) is 0 Å². The molecule has 0 heterocycles. The van der Waals surface area contributed by atoms with E-state index in [2.05, 4.69) is 32.9 Å². The first kappa shape index (κ1) is 23.4. The Morgan fingerprint density at radius 3 is 2.41 bits per heavy atom. The van der Waals surface area contributed by atoms with Gasteiger partial charge in [-0.15, -0.1) is 0 Å². The van der Waals surface area contributed by atoms with Gasteiger partial charge in [-0.2, -0.15) is 0 Å². The topological polar surface area (TPSA) is 34.1 Å². The van der Waals surface area contributed by atoms with E-state index in [1.807, 2.05) is 39.0 Å². The molecule has 1 aromatic carbocycles. The minimum atomic E-state index is -3.44. The standard InChI is InChI=1S/C26H36O2S/c1-7-20(2)18-24(29(27,28)23-13-9-8-10-14-23)19-21(3)15-16-25-22(4)12-11-17-26(25,5)6/h7-10,13-16,19,24H,11-12,17-18H2,1-6H3/b16-15+,20-7+,21-19+. The number of hydrogen-bond acceptors (Lipinski definition) is 2. The summed E-state index contributed by atoms with van der Waals surface area (Å²) in [5, 5.41) is -0.569. The second-order valence-corrected chi connectivity index (χ2v) is 11.1. The molecular weight excluding hydrogens is 376 g/mol. The van der Waals surface area contributed by atoms with Crippen LogP contribution in [0.4, 0.5) is 0 Å². The summed E-state index contributed by atoms with van der Waals surface area (Å²) in [7, 11) is -3.44. The maximum absolute atomic E-state index is 13.3. The van der Waals surface area contributed by atoms with Gasteiger partial charge in [-0.25, -0.2) is 8.42 Å². The summed E-state index contributed by atoms with van der Waals surface area (Å²) in [6.07, 6.45) is 12.3. The number of hydrogen-bond donors (Lipinski definition) is 0. The van der Waals surface area contributed by atoms with E-state index in [-0.39, 0.29) is 5.41 Å². The number of rotatable bonds is 7. The second-order valence-electron chi connectivity index (χ2n) is 8.91. The van der Waals surface area contributed by atoms with Crippen LogP contribution >= 0.6 is 0 Å². The predicted octanol–water partition coefficient (Wildman–Crippen LogP) is 7.21. The third kappa shape index (κ3) is 6.05. The van der Waals surface area contributed by atoms with Crippen LogP contribution in [0.2, 0.25) is 0 Å². The Hall–Kier alpha value is -1.87. The fourth-order valence-corrected chi connectivity index (χ4v) is 5.81. The highest BCUT2D eigenvalue weighted by molar-refractivity contribution is 7.92. The summed E-state index contributed by atoms with van der Waals surface area (Å²) in [5.74, 6) is 0. The van der Waals surface area contributed by atoms with E-state index in [0.717, 1.165) is 17.6 Å². The van der Waals surface area contributed by atoms with Crippen molar-refractivity contribution in [2.45, 2.75) is 77.4 Å². The molecule has 0 saturated carbocycles. The molecule has 0 N–H and O–H groups in total. The summed E-state index contributed by atoms with van der Waals surface area (Å²) in [6.45, 7) is 12.8. The van der Waals surface area contributed by atoms with Crippen LogP contribution in [0.5, 0.6) is 0 Å². The normalized spacial score (nSPS) is 19.7. The third-order valence-corrected chi connectivity index (χ3v) is 8.02. The summed E-state index contributed by atoms with van der Waals surface area (Å²) < 4.78 is 26.6. The molecule has 1 aliphatic rings. The highest BCUT2D eigenvalue weighted by Crippen LogP contribution is 2.40. The first-order valence-corrected chi connectivity index (χ1v) is 12.1. The molecule has 3 heteroatoms. The van der Waals surface area contributed by atoms with E-state index in [1.165, 1.54) is 24.0 Å². The van der Waals surface area contributed by atoms with Gasteiger partial charge in [0.2, 0.25) is 0 Å². The monoisotopic (exact) mass is 412 g/mol. The van der Waals surface area contributed by atoms with Crippen LogP contribution in [0.15, 0.2) is 81.8 Å². The lowest BCUT2D eigenvalue weighted by molar-refractivity contribution is 0.377. The minimum absolute atomic E-state index is 0.177. The third-order valence-electron chi connectivity index (χ3n) is 5.99. The van der Waals surface area contributed by atoms with Gasteiger partial charge in [0.05, 0.1) is 10.1 Å². The zero-order valence-electron chi connectivity index (χ0n) is 18.8. The van der Waals surface area contributed by atoms with E-state index >= 15 is 0 Å². The maximum atomic E-state index is 13.3. The molecule has 1 unspecified atom stereocenters. The van der Waals surface area contributed by atoms with Gasteiger partial charge in [-0.3, -0.25) is 0 Å². The van der Waals surface area contributed by atoms with Crippen LogP contribution in [0.1, 0.15) is 67.2 Å². The Morgan fingerprint density at radius 1 is 1.17 bits per heavy atom. The quantitative estimate of drug-likeness (QED) is 0.350. The number of allylic oxidation sites excluding steroid dienone is 7. The molecular formula is C26H36O2S. The molecule has 0 bridgehead atoms. The summed E-state index contributed by atoms with van der Waals surface area (Å²) in [6, 6.07) is 8.78. The van der Waals surface area contributed by atoms with Gasteiger partial charge in [0.25, 0.3) is 0 Å². The van der Waals surface area contributed by atoms with Gasteiger partial charge in [-0.05, 0) is 76.5 Å². The molecule has 158 valence electrons. The van der Waals surface area contributed by atoms with Crippen molar-refractivity contribution in [2.24, 2.45) is 5.41 Å². The molecule has 1 atom stereocenters. The van der Waals surface area contributed by atoms with Crippen molar-refractivity contribution in [3.8, 4) is 0 Å².